The van der Waals surface area contributed by atoms with Crippen molar-refractivity contribution >= 4 is 11.8 Å². The highest BCUT2D eigenvalue weighted by Crippen LogP contribution is 2.28. The molecular weight excluding hydrogens is 306 g/mol. The lowest BCUT2D eigenvalue weighted by atomic mass is 10.1. The molecule has 2 aromatic rings. The van der Waals surface area contributed by atoms with Gasteiger partial charge in [-0.25, -0.2) is 0 Å². The number of aromatic amines is 1. The van der Waals surface area contributed by atoms with E-state index in [0.717, 1.165) is 12.0 Å². The van der Waals surface area contributed by atoms with Crippen LogP contribution in [0.1, 0.15) is 52.9 Å². The molecule has 6 heteroatoms. The molecule has 2 rings (SSSR count). The fourth-order valence-corrected chi connectivity index (χ4v) is 2.41. The van der Waals surface area contributed by atoms with Crippen molar-refractivity contribution in [2.45, 2.75) is 26.4 Å². The van der Waals surface area contributed by atoms with Gasteiger partial charge in [0.2, 0.25) is 0 Å². The predicted octanol–water partition coefficient (Wildman–Crippen LogP) is 2.65. The summed E-state index contributed by atoms with van der Waals surface area (Å²) in [5.74, 6) is -0.236. The number of hydrogen-bond acceptors (Lipinski definition) is 3. The van der Waals surface area contributed by atoms with Crippen molar-refractivity contribution in [1.29, 1.82) is 0 Å². The first-order valence-corrected chi connectivity index (χ1v) is 8.05. The molecule has 0 spiro atoms. The summed E-state index contributed by atoms with van der Waals surface area (Å²) in [6, 6.07) is 11.4. The maximum Gasteiger partial charge on any atom is 0.271 e. The van der Waals surface area contributed by atoms with Crippen LogP contribution in [0.4, 0.5) is 0 Å². The first-order valence-electron chi connectivity index (χ1n) is 8.05. The molecule has 0 unspecified atom stereocenters. The second-order valence-corrected chi connectivity index (χ2v) is 5.29. The van der Waals surface area contributed by atoms with Crippen LogP contribution < -0.4 is 15.4 Å². The van der Waals surface area contributed by atoms with Crippen LogP contribution in [0.2, 0.25) is 0 Å². The van der Waals surface area contributed by atoms with Crippen LogP contribution in [0.15, 0.2) is 36.4 Å². The molecule has 1 aromatic heterocycles. The quantitative estimate of drug-likeness (QED) is 0.730. The minimum Gasteiger partial charge on any atom is -0.483 e. The molecular formula is C18H23N3O3. The minimum atomic E-state index is -0.330. The number of amides is 2. The van der Waals surface area contributed by atoms with Gasteiger partial charge in [0.1, 0.15) is 17.5 Å². The van der Waals surface area contributed by atoms with Crippen LogP contribution >= 0.6 is 0 Å². The average molecular weight is 329 g/mol. The molecule has 3 N–H and O–H groups in total. The maximum atomic E-state index is 12.1. The van der Waals surface area contributed by atoms with Gasteiger partial charge in [-0.15, -0.1) is 0 Å². The van der Waals surface area contributed by atoms with E-state index in [-0.39, 0.29) is 23.6 Å². The van der Waals surface area contributed by atoms with Gasteiger partial charge in [-0.3, -0.25) is 9.59 Å². The molecule has 0 saturated carbocycles. The van der Waals surface area contributed by atoms with Gasteiger partial charge in [0.15, 0.2) is 5.75 Å². The Labute approximate surface area is 141 Å². The van der Waals surface area contributed by atoms with E-state index in [1.165, 1.54) is 7.05 Å². The lowest BCUT2D eigenvalue weighted by molar-refractivity contribution is 0.0950. The molecule has 24 heavy (non-hydrogen) atoms. The van der Waals surface area contributed by atoms with Crippen molar-refractivity contribution in [3.05, 3.63) is 53.3 Å². The molecule has 0 aliphatic heterocycles. The minimum absolute atomic E-state index is 0.201. The summed E-state index contributed by atoms with van der Waals surface area (Å²) < 4.78 is 6.04. The Kier molecular flexibility index (Phi) is 6.01. The molecule has 0 saturated heterocycles. The van der Waals surface area contributed by atoms with E-state index >= 15 is 0 Å². The fourth-order valence-electron chi connectivity index (χ4n) is 2.41. The Morgan fingerprint density at radius 1 is 1.17 bits per heavy atom. The molecule has 0 aliphatic carbocycles. The van der Waals surface area contributed by atoms with Crippen molar-refractivity contribution in [2.24, 2.45) is 0 Å². The van der Waals surface area contributed by atoms with Crippen molar-refractivity contribution in [2.75, 3.05) is 13.6 Å². The van der Waals surface area contributed by atoms with Crippen molar-refractivity contribution in [1.82, 2.24) is 15.6 Å². The highest BCUT2D eigenvalue weighted by Gasteiger charge is 2.22. The molecule has 1 aromatic carbocycles. The highest BCUT2D eigenvalue weighted by atomic mass is 16.5. The Morgan fingerprint density at radius 3 is 2.46 bits per heavy atom. The van der Waals surface area contributed by atoms with Crippen LogP contribution in [-0.2, 0) is 0 Å². The monoisotopic (exact) mass is 329 g/mol. The Bertz CT molecular complexity index is 695. The molecule has 0 aliphatic rings. The summed E-state index contributed by atoms with van der Waals surface area (Å²) in [7, 11) is 1.53. The van der Waals surface area contributed by atoms with Crippen LogP contribution in [-0.4, -0.2) is 30.4 Å². The number of aromatic nitrogens is 1. The first kappa shape index (κ1) is 17.6. The molecule has 0 bridgehead atoms. The van der Waals surface area contributed by atoms with E-state index < -0.39 is 0 Å². The van der Waals surface area contributed by atoms with Gasteiger partial charge in [-0.05, 0) is 18.9 Å². The van der Waals surface area contributed by atoms with Crippen LogP contribution in [0.5, 0.6) is 5.75 Å². The smallest absolute Gasteiger partial charge is 0.271 e. The molecule has 0 fully saturated rings. The lowest BCUT2D eigenvalue weighted by Gasteiger charge is -2.17. The van der Waals surface area contributed by atoms with Gasteiger partial charge < -0.3 is 20.4 Å². The lowest BCUT2D eigenvalue weighted by Crippen LogP contribution is -2.23. The zero-order chi connectivity index (χ0) is 17.5. The molecule has 2 amide bonds. The van der Waals surface area contributed by atoms with Gasteiger partial charge in [0.05, 0.1) is 0 Å². The number of benzene rings is 1. The number of hydrogen-bond donors (Lipinski definition) is 3. The number of H-pyrrole nitrogens is 1. The summed E-state index contributed by atoms with van der Waals surface area (Å²) in [5, 5.41) is 5.26. The Morgan fingerprint density at radius 2 is 1.88 bits per heavy atom. The first-order chi connectivity index (χ1) is 11.6. The van der Waals surface area contributed by atoms with Crippen molar-refractivity contribution in [3.8, 4) is 5.75 Å². The molecule has 0 radical (unpaired) electrons. The number of carbonyl (C=O) groups excluding carboxylic acids is 2. The third-order valence-corrected chi connectivity index (χ3v) is 3.63. The number of rotatable bonds is 7. The van der Waals surface area contributed by atoms with Gasteiger partial charge >= 0.3 is 0 Å². The van der Waals surface area contributed by atoms with E-state index in [9.17, 15) is 9.59 Å². The van der Waals surface area contributed by atoms with E-state index in [1.54, 1.807) is 6.07 Å². The predicted molar refractivity (Wildman–Crippen MR) is 92.3 cm³/mol. The average Bonchev–Trinajstić information content (AvgIpc) is 3.04. The summed E-state index contributed by atoms with van der Waals surface area (Å²) in [5.41, 5.74) is 1.56. The van der Waals surface area contributed by atoms with E-state index in [4.69, 9.17) is 4.74 Å². The van der Waals surface area contributed by atoms with Crippen LogP contribution in [0.25, 0.3) is 0 Å². The summed E-state index contributed by atoms with van der Waals surface area (Å²) in [6.07, 6.45) is 0.534. The number of nitrogens with one attached hydrogen (secondary N) is 3. The maximum absolute atomic E-state index is 12.1. The second kappa shape index (κ2) is 8.19. The summed E-state index contributed by atoms with van der Waals surface area (Å²) in [4.78, 5) is 26.9. The Hall–Kier alpha value is -2.76. The van der Waals surface area contributed by atoms with Crippen molar-refractivity contribution in [3.63, 3.8) is 0 Å². The van der Waals surface area contributed by atoms with Gasteiger partial charge in [0.25, 0.3) is 11.8 Å². The SMILES string of the molecule is CCNC(=O)c1cc(O[C@H](CC)c2ccccc2)c(C(=O)NC)[nH]1. The van der Waals surface area contributed by atoms with E-state index in [2.05, 4.69) is 15.6 Å². The van der Waals surface area contributed by atoms with Crippen LogP contribution in [0.3, 0.4) is 0 Å². The zero-order valence-corrected chi connectivity index (χ0v) is 14.2. The second-order valence-electron chi connectivity index (χ2n) is 5.29. The number of ether oxygens (including phenoxy) is 1. The standard InChI is InChI=1S/C18H23N3O3/c1-4-14(12-9-7-6-8-10-12)24-15-11-13(17(22)20-5-2)21-16(15)18(23)19-3/h6-11,14,21H,4-5H2,1-3H3,(H,19,23)(H,20,22)/t14-/m1/s1. The summed E-state index contributed by atoms with van der Waals surface area (Å²) in [6.45, 7) is 4.35. The zero-order valence-electron chi connectivity index (χ0n) is 14.2. The third-order valence-electron chi connectivity index (χ3n) is 3.63. The molecule has 1 heterocycles. The highest BCUT2D eigenvalue weighted by molar-refractivity contribution is 5.99. The van der Waals surface area contributed by atoms with Gasteiger partial charge in [-0.2, -0.15) is 0 Å². The molecule has 1 atom stereocenters. The third kappa shape index (κ3) is 3.95. The normalized spacial score (nSPS) is 11.6. The molecule has 128 valence electrons. The van der Waals surface area contributed by atoms with Gasteiger partial charge in [-0.1, -0.05) is 37.3 Å². The largest absolute Gasteiger partial charge is 0.483 e. The van der Waals surface area contributed by atoms with E-state index in [1.807, 2.05) is 44.2 Å². The summed E-state index contributed by atoms with van der Waals surface area (Å²) >= 11 is 0. The van der Waals surface area contributed by atoms with Gasteiger partial charge in [0, 0.05) is 19.7 Å². The fraction of sp³-hybridized carbons (Fsp3) is 0.333. The topological polar surface area (TPSA) is 83.2 Å². The molecule has 6 nitrogen and oxygen atoms in total. The Balaban J connectivity index is 2.33. The van der Waals surface area contributed by atoms with E-state index in [0.29, 0.717) is 18.0 Å². The number of carbonyl (C=O) groups is 2. The van der Waals surface area contributed by atoms with Crippen LogP contribution in [0, 0.1) is 0 Å². The van der Waals surface area contributed by atoms with Crippen molar-refractivity contribution < 1.29 is 14.3 Å².